The van der Waals surface area contributed by atoms with Gasteiger partial charge in [-0.1, -0.05) is 11.8 Å². The van der Waals surface area contributed by atoms with Crippen LogP contribution in [0, 0.1) is 6.92 Å². The quantitative estimate of drug-likeness (QED) is 0.844. The second-order valence-corrected chi connectivity index (χ2v) is 5.87. The molecule has 3 unspecified atom stereocenters. The minimum absolute atomic E-state index is 0.0537. The van der Waals surface area contributed by atoms with Gasteiger partial charge in [0.15, 0.2) is 5.16 Å². The maximum Gasteiger partial charge on any atom is 0.313 e. The van der Waals surface area contributed by atoms with Crippen molar-refractivity contribution in [1.29, 1.82) is 0 Å². The van der Waals surface area contributed by atoms with Crippen LogP contribution in [0.25, 0.3) is 0 Å². The van der Waals surface area contributed by atoms with Gasteiger partial charge in [0.1, 0.15) is 0 Å². The molecule has 0 radical (unpaired) electrons. The van der Waals surface area contributed by atoms with Gasteiger partial charge in [-0.15, -0.1) is 0 Å². The van der Waals surface area contributed by atoms with Crippen molar-refractivity contribution in [2.24, 2.45) is 0 Å². The van der Waals surface area contributed by atoms with Gasteiger partial charge in [0.25, 0.3) is 0 Å². The summed E-state index contributed by atoms with van der Waals surface area (Å²) in [7, 11) is 0. The van der Waals surface area contributed by atoms with Crippen LogP contribution in [-0.2, 0) is 9.53 Å². The van der Waals surface area contributed by atoms with E-state index in [1.54, 1.807) is 0 Å². The van der Waals surface area contributed by atoms with E-state index in [2.05, 4.69) is 9.55 Å². The zero-order chi connectivity index (χ0) is 12.7. The van der Waals surface area contributed by atoms with Crippen molar-refractivity contribution in [3.63, 3.8) is 0 Å². The van der Waals surface area contributed by atoms with Crippen LogP contribution in [0.4, 0.5) is 0 Å². The number of hydrogen-bond donors (Lipinski definition) is 1. The Hall–Kier alpha value is -1.01. The molecule has 98 valence electrons. The van der Waals surface area contributed by atoms with Crippen molar-refractivity contribution < 1.29 is 14.6 Å². The molecule has 18 heavy (non-hydrogen) atoms. The number of ether oxygens (including phenoxy) is 1. The number of aromatic nitrogens is 2. The minimum atomic E-state index is -0.809. The van der Waals surface area contributed by atoms with Crippen LogP contribution in [0.1, 0.15) is 31.0 Å². The van der Waals surface area contributed by atoms with Crippen molar-refractivity contribution in [2.45, 2.75) is 49.6 Å². The molecule has 6 heteroatoms. The van der Waals surface area contributed by atoms with E-state index in [9.17, 15) is 4.79 Å². The number of fused-ring (bicyclic) bond motifs is 2. The summed E-state index contributed by atoms with van der Waals surface area (Å²) in [5, 5.41) is 9.56. The van der Waals surface area contributed by atoms with Gasteiger partial charge in [-0.05, 0) is 26.2 Å². The summed E-state index contributed by atoms with van der Waals surface area (Å²) in [5.41, 5.74) is 0.936. The molecule has 2 aliphatic rings. The van der Waals surface area contributed by atoms with Gasteiger partial charge in [0.2, 0.25) is 0 Å². The number of aryl methyl sites for hydroxylation is 1. The molecular weight excluding hydrogens is 252 g/mol. The van der Waals surface area contributed by atoms with Crippen LogP contribution < -0.4 is 0 Å². The average molecular weight is 268 g/mol. The fourth-order valence-electron chi connectivity index (χ4n) is 2.87. The van der Waals surface area contributed by atoms with Crippen molar-refractivity contribution in [3.8, 4) is 0 Å². The fraction of sp³-hybridized carbons (Fsp3) is 0.667. The molecule has 3 heterocycles. The molecule has 0 spiro atoms. The Kier molecular flexibility index (Phi) is 3.07. The van der Waals surface area contributed by atoms with E-state index < -0.39 is 5.97 Å². The lowest BCUT2D eigenvalue weighted by molar-refractivity contribution is -0.133. The highest BCUT2D eigenvalue weighted by atomic mass is 32.2. The Morgan fingerprint density at radius 1 is 1.67 bits per heavy atom. The first-order valence-corrected chi connectivity index (χ1v) is 7.17. The summed E-state index contributed by atoms with van der Waals surface area (Å²) in [6.07, 6.45) is 5.98. The van der Waals surface area contributed by atoms with Crippen molar-refractivity contribution >= 4 is 17.7 Å². The highest BCUT2D eigenvalue weighted by Gasteiger charge is 2.42. The summed E-state index contributed by atoms with van der Waals surface area (Å²) < 4.78 is 7.97. The third-order valence-corrected chi connectivity index (χ3v) is 4.53. The number of aliphatic carboxylic acids is 1. The Balaban J connectivity index is 1.80. The molecule has 2 aliphatic heterocycles. The lowest BCUT2D eigenvalue weighted by Gasteiger charge is -2.21. The van der Waals surface area contributed by atoms with E-state index in [1.165, 1.54) is 11.8 Å². The second kappa shape index (κ2) is 4.59. The third kappa shape index (κ3) is 2.14. The molecule has 2 fully saturated rings. The second-order valence-electron chi connectivity index (χ2n) is 4.93. The summed E-state index contributed by atoms with van der Waals surface area (Å²) in [5.74, 6) is -0.755. The Morgan fingerprint density at radius 2 is 2.50 bits per heavy atom. The first kappa shape index (κ1) is 12.0. The van der Waals surface area contributed by atoms with Crippen LogP contribution in [0.3, 0.4) is 0 Å². The van der Waals surface area contributed by atoms with Crippen LogP contribution in [0.2, 0.25) is 0 Å². The molecule has 2 saturated heterocycles. The van der Waals surface area contributed by atoms with E-state index in [-0.39, 0.29) is 11.9 Å². The van der Waals surface area contributed by atoms with Gasteiger partial charge < -0.3 is 14.4 Å². The molecule has 0 saturated carbocycles. The van der Waals surface area contributed by atoms with Gasteiger partial charge in [0, 0.05) is 6.20 Å². The molecule has 1 aromatic rings. The van der Waals surface area contributed by atoms with Gasteiger partial charge in [-0.25, -0.2) is 4.98 Å². The molecule has 2 bridgehead atoms. The maximum atomic E-state index is 10.7. The fourth-order valence-corrected chi connectivity index (χ4v) is 3.67. The lowest BCUT2D eigenvalue weighted by Crippen LogP contribution is -2.21. The largest absolute Gasteiger partial charge is 0.481 e. The van der Waals surface area contributed by atoms with Crippen molar-refractivity contribution in [2.75, 3.05) is 5.75 Å². The Morgan fingerprint density at radius 3 is 3.11 bits per heavy atom. The first-order chi connectivity index (χ1) is 8.63. The van der Waals surface area contributed by atoms with Crippen LogP contribution in [0.15, 0.2) is 11.4 Å². The first-order valence-electron chi connectivity index (χ1n) is 6.19. The molecular formula is C12H16N2O3S. The summed E-state index contributed by atoms with van der Waals surface area (Å²) in [4.78, 5) is 15.1. The van der Waals surface area contributed by atoms with Crippen LogP contribution >= 0.6 is 11.8 Å². The molecule has 0 aromatic carbocycles. The summed E-state index contributed by atoms with van der Waals surface area (Å²) in [6.45, 7) is 1.94. The molecule has 0 amide bonds. The maximum absolute atomic E-state index is 10.7. The number of hydrogen-bond acceptors (Lipinski definition) is 4. The summed E-state index contributed by atoms with van der Waals surface area (Å²) in [6, 6.07) is 0.334. The minimum Gasteiger partial charge on any atom is -0.481 e. The number of imidazole rings is 1. The Labute approximate surface area is 110 Å². The predicted octanol–water partition coefficient (Wildman–Crippen LogP) is 1.86. The van der Waals surface area contributed by atoms with Crippen LogP contribution in [0.5, 0.6) is 0 Å². The van der Waals surface area contributed by atoms with Crippen molar-refractivity contribution in [3.05, 3.63) is 11.9 Å². The monoisotopic (exact) mass is 268 g/mol. The smallest absolute Gasteiger partial charge is 0.313 e. The molecule has 1 aromatic heterocycles. The van der Waals surface area contributed by atoms with E-state index in [1.807, 2.05) is 13.1 Å². The standard InChI is InChI=1S/C12H16N2O3S/c1-7-5-14(12(13-7)18-6-11(15)16)9-4-8-2-3-10(9)17-8/h5,8-10H,2-4,6H2,1H3,(H,15,16). The van der Waals surface area contributed by atoms with Crippen LogP contribution in [-0.4, -0.2) is 38.6 Å². The highest BCUT2D eigenvalue weighted by molar-refractivity contribution is 7.99. The molecule has 1 N–H and O–H groups in total. The highest BCUT2D eigenvalue weighted by Crippen LogP contribution is 2.43. The van der Waals surface area contributed by atoms with E-state index in [0.29, 0.717) is 12.1 Å². The van der Waals surface area contributed by atoms with Gasteiger partial charge in [-0.3, -0.25) is 4.79 Å². The zero-order valence-corrected chi connectivity index (χ0v) is 11.0. The number of rotatable bonds is 4. The molecule has 3 atom stereocenters. The normalized spacial score (nSPS) is 29.9. The van der Waals surface area contributed by atoms with Gasteiger partial charge in [0.05, 0.1) is 29.7 Å². The SMILES string of the molecule is Cc1cn(C2CC3CCC2O3)c(SCC(=O)O)n1. The topological polar surface area (TPSA) is 64.3 Å². The number of nitrogens with zero attached hydrogens (tertiary/aromatic N) is 2. The number of carboxylic acids is 1. The average Bonchev–Trinajstić information content (AvgIpc) is 2.99. The number of carboxylic acid groups (broad SMARTS) is 1. The van der Waals surface area contributed by atoms with Gasteiger partial charge in [-0.2, -0.15) is 0 Å². The Bertz CT molecular complexity index is 474. The molecule has 5 nitrogen and oxygen atoms in total. The summed E-state index contributed by atoms with van der Waals surface area (Å²) >= 11 is 1.29. The third-order valence-electron chi connectivity index (χ3n) is 3.57. The zero-order valence-electron chi connectivity index (χ0n) is 10.2. The van der Waals surface area contributed by atoms with Gasteiger partial charge >= 0.3 is 5.97 Å². The van der Waals surface area contributed by atoms with E-state index >= 15 is 0 Å². The van der Waals surface area contributed by atoms with E-state index in [0.717, 1.165) is 30.1 Å². The molecule has 3 rings (SSSR count). The molecule has 0 aliphatic carbocycles. The number of carbonyl (C=O) groups is 1. The van der Waals surface area contributed by atoms with E-state index in [4.69, 9.17) is 9.84 Å². The lowest BCUT2D eigenvalue weighted by atomic mass is 9.95. The predicted molar refractivity (Wildman–Crippen MR) is 66.9 cm³/mol. The number of thioether (sulfide) groups is 1. The van der Waals surface area contributed by atoms with Crippen molar-refractivity contribution in [1.82, 2.24) is 9.55 Å².